The Morgan fingerprint density at radius 2 is 1.81 bits per heavy atom. The highest BCUT2D eigenvalue weighted by Crippen LogP contribution is 2.38. The monoisotopic (exact) mass is 559 g/mol. The maximum Gasteiger partial charge on any atom is 0.363 e. The van der Waals surface area contributed by atoms with E-state index in [0.29, 0.717) is 35.3 Å². The topological polar surface area (TPSA) is 57.1 Å². The fourth-order valence-electron chi connectivity index (χ4n) is 3.08. The summed E-state index contributed by atoms with van der Waals surface area (Å²) in [7, 11) is 0. The smallest absolute Gasteiger partial charge is 0.363 e. The minimum atomic E-state index is -0.517. The van der Waals surface area contributed by atoms with Crippen LogP contribution in [0.4, 0.5) is 0 Å². The zero-order valence-corrected chi connectivity index (χ0v) is 20.1. The van der Waals surface area contributed by atoms with Gasteiger partial charge in [0.2, 0.25) is 5.90 Å². The van der Waals surface area contributed by atoms with Crippen molar-refractivity contribution in [3.8, 4) is 11.5 Å². The fourth-order valence-corrected chi connectivity index (χ4v) is 3.71. The van der Waals surface area contributed by atoms with E-state index in [0.717, 1.165) is 14.7 Å². The predicted molar refractivity (Wildman–Crippen MR) is 133 cm³/mol. The van der Waals surface area contributed by atoms with Gasteiger partial charge in [0.25, 0.3) is 0 Å². The molecule has 3 aromatic rings. The first-order valence-electron chi connectivity index (χ1n) is 9.95. The van der Waals surface area contributed by atoms with Crippen molar-refractivity contribution >= 4 is 52.1 Å². The molecule has 7 heteroatoms. The van der Waals surface area contributed by atoms with Crippen molar-refractivity contribution in [3.63, 3.8) is 0 Å². The van der Waals surface area contributed by atoms with E-state index >= 15 is 0 Å². The van der Waals surface area contributed by atoms with Crippen molar-refractivity contribution in [2.24, 2.45) is 4.99 Å². The molecule has 0 atom stereocenters. The van der Waals surface area contributed by atoms with Gasteiger partial charge in [0.15, 0.2) is 17.2 Å². The number of hydrogen-bond acceptors (Lipinski definition) is 5. The molecule has 0 saturated carbocycles. The summed E-state index contributed by atoms with van der Waals surface area (Å²) < 4.78 is 18.2. The molecule has 0 spiro atoms. The SMILES string of the molecule is CCOc1cc(/C=C2\N=C(c3ccccc3)OC2=O)cc(Cl)c1OCc1ccc(I)cc1. The Hall–Kier alpha value is -2.84. The first-order chi connectivity index (χ1) is 15.5. The van der Waals surface area contributed by atoms with Gasteiger partial charge >= 0.3 is 5.97 Å². The molecule has 1 aliphatic rings. The maximum absolute atomic E-state index is 12.3. The van der Waals surface area contributed by atoms with E-state index in [2.05, 4.69) is 27.6 Å². The molecule has 0 aromatic heterocycles. The Labute approximate surface area is 204 Å². The van der Waals surface area contributed by atoms with Crippen LogP contribution in [0.1, 0.15) is 23.6 Å². The summed E-state index contributed by atoms with van der Waals surface area (Å²) in [5.41, 5.74) is 2.60. The Kier molecular flexibility index (Phi) is 7.12. The third kappa shape index (κ3) is 5.31. The molecule has 0 bridgehead atoms. The summed E-state index contributed by atoms with van der Waals surface area (Å²) in [6.45, 7) is 2.68. The van der Waals surface area contributed by atoms with Crippen LogP contribution in [0.2, 0.25) is 5.02 Å². The number of hydrogen-bond donors (Lipinski definition) is 0. The highest BCUT2D eigenvalue weighted by Gasteiger charge is 2.24. The maximum atomic E-state index is 12.3. The minimum absolute atomic E-state index is 0.190. The average molecular weight is 560 g/mol. The van der Waals surface area contributed by atoms with Gasteiger partial charge in [0, 0.05) is 9.13 Å². The van der Waals surface area contributed by atoms with Crippen LogP contribution in [-0.2, 0) is 16.1 Å². The quantitative estimate of drug-likeness (QED) is 0.195. The molecule has 0 amide bonds. The molecule has 0 saturated heterocycles. The number of aliphatic imine (C=N–C) groups is 1. The molecule has 0 unspecified atom stereocenters. The van der Waals surface area contributed by atoms with Crippen molar-refractivity contribution in [1.82, 2.24) is 0 Å². The fraction of sp³-hybridized carbons (Fsp3) is 0.120. The predicted octanol–water partition coefficient (Wildman–Crippen LogP) is 6.27. The van der Waals surface area contributed by atoms with Crippen LogP contribution in [0.25, 0.3) is 6.08 Å². The Balaban J connectivity index is 1.60. The van der Waals surface area contributed by atoms with Crippen molar-refractivity contribution < 1.29 is 19.0 Å². The minimum Gasteiger partial charge on any atom is -0.490 e. The number of cyclic esters (lactones) is 1. The van der Waals surface area contributed by atoms with E-state index in [1.165, 1.54) is 0 Å². The number of carbonyl (C=O) groups is 1. The summed E-state index contributed by atoms with van der Waals surface area (Å²) in [4.78, 5) is 16.6. The Morgan fingerprint density at radius 1 is 1.06 bits per heavy atom. The lowest BCUT2D eigenvalue weighted by atomic mass is 10.1. The van der Waals surface area contributed by atoms with E-state index in [-0.39, 0.29) is 11.6 Å². The second-order valence-electron chi connectivity index (χ2n) is 6.88. The molecule has 3 aromatic carbocycles. The molecule has 0 N–H and O–H groups in total. The second kappa shape index (κ2) is 10.2. The number of esters is 1. The van der Waals surface area contributed by atoms with Crippen LogP contribution in [-0.4, -0.2) is 18.5 Å². The van der Waals surface area contributed by atoms with Crippen LogP contribution < -0.4 is 9.47 Å². The van der Waals surface area contributed by atoms with Gasteiger partial charge in [0.05, 0.1) is 11.6 Å². The van der Waals surface area contributed by atoms with Gasteiger partial charge in [-0.05, 0) is 83.1 Å². The molecule has 162 valence electrons. The van der Waals surface area contributed by atoms with E-state index in [1.54, 1.807) is 18.2 Å². The van der Waals surface area contributed by atoms with Crippen LogP contribution in [0.15, 0.2) is 77.4 Å². The highest BCUT2D eigenvalue weighted by atomic mass is 127. The largest absolute Gasteiger partial charge is 0.490 e. The van der Waals surface area contributed by atoms with Crippen molar-refractivity contribution in [2.45, 2.75) is 13.5 Å². The normalized spacial score (nSPS) is 14.3. The highest BCUT2D eigenvalue weighted by molar-refractivity contribution is 14.1. The lowest BCUT2D eigenvalue weighted by molar-refractivity contribution is -0.129. The van der Waals surface area contributed by atoms with Crippen molar-refractivity contribution in [2.75, 3.05) is 6.61 Å². The average Bonchev–Trinajstić information content (AvgIpc) is 3.15. The summed E-state index contributed by atoms with van der Waals surface area (Å²) >= 11 is 8.78. The molecule has 32 heavy (non-hydrogen) atoms. The zero-order valence-electron chi connectivity index (χ0n) is 17.2. The molecule has 5 nitrogen and oxygen atoms in total. The van der Waals surface area contributed by atoms with Crippen LogP contribution >= 0.6 is 34.2 Å². The van der Waals surface area contributed by atoms with Crippen molar-refractivity contribution in [1.29, 1.82) is 0 Å². The molecule has 0 aliphatic carbocycles. The number of benzene rings is 3. The lowest BCUT2D eigenvalue weighted by Crippen LogP contribution is -2.05. The van der Waals surface area contributed by atoms with E-state index in [1.807, 2.05) is 61.5 Å². The third-order valence-electron chi connectivity index (χ3n) is 4.57. The summed E-state index contributed by atoms with van der Waals surface area (Å²) in [6, 6.07) is 20.8. The molecule has 1 heterocycles. The zero-order chi connectivity index (χ0) is 22.5. The first-order valence-corrected chi connectivity index (χ1v) is 11.4. The van der Waals surface area contributed by atoms with E-state index in [4.69, 9.17) is 25.8 Å². The molecule has 0 radical (unpaired) electrons. The number of nitrogens with zero attached hydrogens (tertiary/aromatic N) is 1. The van der Waals surface area contributed by atoms with Crippen LogP contribution in [0, 0.1) is 3.57 Å². The number of carbonyl (C=O) groups excluding carboxylic acids is 1. The van der Waals surface area contributed by atoms with Crippen LogP contribution in [0.5, 0.6) is 11.5 Å². The lowest BCUT2D eigenvalue weighted by Gasteiger charge is -2.14. The van der Waals surface area contributed by atoms with Crippen molar-refractivity contribution in [3.05, 3.63) is 97.7 Å². The number of ether oxygens (including phenoxy) is 3. The molecular formula is C25H19ClINO4. The molecule has 1 aliphatic heterocycles. The van der Waals surface area contributed by atoms with Gasteiger partial charge < -0.3 is 14.2 Å². The standard InChI is InChI=1S/C25H19ClINO4/c1-2-30-22-14-17(12-20(26)23(22)31-15-16-8-10-19(27)11-9-16)13-21-25(29)32-24(28-21)18-6-4-3-5-7-18/h3-14H,2,15H2,1H3/b21-13-. The van der Waals surface area contributed by atoms with Gasteiger partial charge in [-0.1, -0.05) is 41.9 Å². The second-order valence-corrected chi connectivity index (χ2v) is 8.53. The summed E-state index contributed by atoms with van der Waals surface area (Å²) in [5.74, 6) is 0.708. The Morgan fingerprint density at radius 3 is 2.53 bits per heavy atom. The molecule has 0 fully saturated rings. The van der Waals surface area contributed by atoms with Gasteiger partial charge in [-0.25, -0.2) is 9.79 Å². The van der Waals surface area contributed by atoms with E-state index < -0.39 is 5.97 Å². The first kappa shape index (κ1) is 22.4. The Bertz CT molecular complexity index is 1190. The number of halogens is 2. The molecule has 4 rings (SSSR count). The van der Waals surface area contributed by atoms with Gasteiger partial charge in [0.1, 0.15) is 6.61 Å². The summed E-state index contributed by atoms with van der Waals surface area (Å²) in [6.07, 6.45) is 1.62. The van der Waals surface area contributed by atoms with Gasteiger partial charge in [-0.15, -0.1) is 0 Å². The van der Waals surface area contributed by atoms with E-state index in [9.17, 15) is 4.79 Å². The van der Waals surface area contributed by atoms with Gasteiger partial charge in [-0.2, -0.15) is 0 Å². The molecular weight excluding hydrogens is 541 g/mol. The number of rotatable bonds is 7. The summed E-state index contributed by atoms with van der Waals surface area (Å²) in [5, 5.41) is 0.381. The van der Waals surface area contributed by atoms with Crippen LogP contribution in [0.3, 0.4) is 0 Å². The van der Waals surface area contributed by atoms with Gasteiger partial charge in [-0.3, -0.25) is 0 Å². The third-order valence-corrected chi connectivity index (χ3v) is 5.57.